The average Bonchev–Trinajstić information content (AvgIpc) is 3.28. The van der Waals surface area contributed by atoms with Gasteiger partial charge in [-0.1, -0.05) is 0 Å². The van der Waals surface area contributed by atoms with Crippen molar-refractivity contribution in [3.8, 4) is 5.88 Å². The Hall–Kier alpha value is -3.00. The molecule has 0 saturated carbocycles. The van der Waals surface area contributed by atoms with Gasteiger partial charge >= 0.3 is 0 Å². The zero-order chi connectivity index (χ0) is 18.8. The summed E-state index contributed by atoms with van der Waals surface area (Å²) in [5.41, 5.74) is 1.40. The number of benzene rings is 1. The van der Waals surface area contributed by atoms with Crippen molar-refractivity contribution >= 4 is 22.5 Å². The van der Waals surface area contributed by atoms with E-state index in [9.17, 15) is 9.18 Å². The van der Waals surface area contributed by atoms with Crippen molar-refractivity contribution in [3.05, 3.63) is 48.0 Å². The molecule has 0 spiro atoms. The second-order valence-electron chi connectivity index (χ2n) is 6.51. The maximum Gasteiger partial charge on any atom is 0.274 e. The third kappa shape index (κ3) is 3.75. The minimum absolute atomic E-state index is 0.0166. The molecule has 27 heavy (non-hydrogen) atoms. The summed E-state index contributed by atoms with van der Waals surface area (Å²) in [5.74, 6) is -0.0381. The van der Waals surface area contributed by atoms with Gasteiger partial charge in [-0.3, -0.25) is 14.5 Å². The first kappa shape index (κ1) is 17.4. The van der Waals surface area contributed by atoms with E-state index in [1.165, 1.54) is 12.3 Å². The maximum atomic E-state index is 13.3. The molecule has 3 aromatic rings. The highest BCUT2D eigenvalue weighted by Crippen LogP contribution is 2.28. The highest BCUT2D eigenvalue weighted by Gasteiger charge is 2.18. The Balaban J connectivity index is 1.52. The molecule has 1 unspecified atom stereocenters. The fourth-order valence-electron chi connectivity index (χ4n) is 3.04. The Morgan fingerprint density at radius 3 is 3.07 bits per heavy atom. The summed E-state index contributed by atoms with van der Waals surface area (Å²) in [4.78, 5) is 16.1. The number of amides is 1. The summed E-state index contributed by atoms with van der Waals surface area (Å²) in [6.45, 7) is 2.06. The maximum absolute atomic E-state index is 13.3. The number of fused-ring (bicyclic) bond motifs is 1. The summed E-state index contributed by atoms with van der Waals surface area (Å²) in [7, 11) is 1.81. The number of carbonyl (C=O) groups is 1. The van der Waals surface area contributed by atoms with Crippen molar-refractivity contribution in [1.29, 1.82) is 0 Å². The van der Waals surface area contributed by atoms with Crippen molar-refractivity contribution in [2.24, 2.45) is 13.0 Å². The second-order valence-corrected chi connectivity index (χ2v) is 6.51. The Labute approximate surface area is 155 Å². The predicted octanol–water partition coefficient (Wildman–Crippen LogP) is 2.78. The molecular weight excluding hydrogens is 351 g/mol. The third-order valence-electron chi connectivity index (χ3n) is 4.51. The molecule has 1 N–H and O–H groups in total. The van der Waals surface area contributed by atoms with Gasteiger partial charge in [0.15, 0.2) is 0 Å². The molecule has 1 aromatic carbocycles. The van der Waals surface area contributed by atoms with Gasteiger partial charge in [0.2, 0.25) is 5.88 Å². The van der Waals surface area contributed by atoms with E-state index in [0.717, 1.165) is 36.6 Å². The van der Waals surface area contributed by atoms with Crippen LogP contribution in [-0.4, -0.2) is 40.5 Å². The van der Waals surface area contributed by atoms with Crippen LogP contribution in [0.1, 0.15) is 16.9 Å². The lowest BCUT2D eigenvalue weighted by Gasteiger charge is -2.08. The van der Waals surface area contributed by atoms with Crippen LogP contribution in [0.2, 0.25) is 0 Å². The Morgan fingerprint density at radius 2 is 2.30 bits per heavy atom. The Bertz CT molecular complexity index is 982. The number of pyridine rings is 1. The van der Waals surface area contributed by atoms with Gasteiger partial charge in [-0.25, -0.2) is 4.39 Å². The predicted molar refractivity (Wildman–Crippen MR) is 97.3 cm³/mol. The summed E-state index contributed by atoms with van der Waals surface area (Å²) < 4.78 is 26.2. The average molecular weight is 370 g/mol. The first-order chi connectivity index (χ1) is 13.1. The van der Waals surface area contributed by atoms with Gasteiger partial charge in [0, 0.05) is 37.5 Å². The summed E-state index contributed by atoms with van der Waals surface area (Å²) in [6, 6.07) is 7.68. The minimum Gasteiger partial charge on any atom is -0.476 e. The van der Waals surface area contributed by atoms with Gasteiger partial charge in [-0.05, 0) is 30.7 Å². The normalized spacial score (nSPS) is 16.6. The lowest BCUT2D eigenvalue weighted by molar-refractivity contribution is 0.102. The fourth-order valence-corrected chi connectivity index (χ4v) is 3.04. The van der Waals surface area contributed by atoms with E-state index in [2.05, 4.69) is 15.4 Å². The molecule has 4 rings (SSSR count). The van der Waals surface area contributed by atoms with Crippen LogP contribution in [-0.2, 0) is 11.8 Å². The van der Waals surface area contributed by atoms with Gasteiger partial charge < -0.3 is 14.8 Å². The summed E-state index contributed by atoms with van der Waals surface area (Å²) >= 11 is 0. The van der Waals surface area contributed by atoms with E-state index in [-0.39, 0.29) is 5.69 Å². The number of carbonyl (C=O) groups excluding carboxylic acids is 1. The molecule has 140 valence electrons. The zero-order valence-electron chi connectivity index (χ0n) is 14.8. The molecule has 3 heterocycles. The lowest BCUT2D eigenvalue weighted by atomic mass is 10.1. The van der Waals surface area contributed by atoms with Crippen molar-refractivity contribution in [1.82, 2.24) is 14.8 Å². The number of ether oxygens (including phenoxy) is 2. The Morgan fingerprint density at radius 1 is 1.41 bits per heavy atom. The molecule has 7 nitrogen and oxygen atoms in total. The highest BCUT2D eigenvalue weighted by atomic mass is 19.1. The molecule has 8 heteroatoms. The standard InChI is InChI=1S/C19H19FN4O3/c1-24-17-9-14(22-18(25)16-8-13(20)4-6-21-16)2-3-15(17)19(23-24)27-11-12-5-7-26-10-12/h2-4,6,8-9,12H,5,7,10-11H2,1H3,(H,22,25). The van der Waals surface area contributed by atoms with Crippen molar-refractivity contribution in [2.45, 2.75) is 6.42 Å². The molecule has 1 atom stereocenters. The number of rotatable bonds is 5. The molecular formula is C19H19FN4O3. The first-order valence-corrected chi connectivity index (χ1v) is 8.70. The molecule has 1 aliphatic heterocycles. The number of aryl methyl sites for hydroxylation is 1. The summed E-state index contributed by atoms with van der Waals surface area (Å²) in [6.07, 6.45) is 2.25. The van der Waals surface area contributed by atoms with Crippen molar-refractivity contribution < 1.29 is 18.7 Å². The van der Waals surface area contributed by atoms with Gasteiger partial charge in [0.1, 0.15) is 11.5 Å². The third-order valence-corrected chi connectivity index (χ3v) is 4.51. The minimum atomic E-state index is -0.508. The molecule has 1 aliphatic rings. The largest absolute Gasteiger partial charge is 0.476 e. The molecule has 0 bridgehead atoms. The van der Waals surface area contributed by atoms with Gasteiger partial charge in [0.05, 0.1) is 24.1 Å². The number of nitrogens with one attached hydrogen (secondary N) is 1. The molecule has 0 radical (unpaired) electrons. The number of hydrogen-bond acceptors (Lipinski definition) is 5. The van der Waals surface area contributed by atoms with Crippen LogP contribution >= 0.6 is 0 Å². The van der Waals surface area contributed by atoms with E-state index in [0.29, 0.717) is 24.1 Å². The molecule has 1 saturated heterocycles. The van der Waals surface area contributed by atoms with Crippen LogP contribution in [0, 0.1) is 11.7 Å². The van der Waals surface area contributed by atoms with E-state index < -0.39 is 11.7 Å². The van der Waals surface area contributed by atoms with Gasteiger partial charge in [0.25, 0.3) is 5.91 Å². The molecule has 1 fully saturated rings. The number of anilines is 1. The second kappa shape index (κ2) is 7.32. The van der Waals surface area contributed by atoms with E-state index in [1.54, 1.807) is 16.8 Å². The van der Waals surface area contributed by atoms with E-state index >= 15 is 0 Å². The zero-order valence-corrected chi connectivity index (χ0v) is 14.8. The topological polar surface area (TPSA) is 78.3 Å². The molecule has 1 amide bonds. The van der Waals surface area contributed by atoms with Crippen molar-refractivity contribution in [2.75, 3.05) is 25.1 Å². The quantitative estimate of drug-likeness (QED) is 0.747. The number of halogens is 1. The van der Waals surface area contributed by atoms with Crippen LogP contribution in [0.5, 0.6) is 5.88 Å². The van der Waals surface area contributed by atoms with Crippen LogP contribution in [0.15, 0.2) is 36.5 Å². The number of nitrogens with zero attached hydrogens (tertiary/aromatic N) is 3. The van der Waals surface area contributed by atoms with E-state index in [1.807, 2.05) is 13.1 Å². The SMILES string of the molecule is Cn1nc(OCC2CCOC2)c2ccc(NC(=O)c3cc(F)ccn3)cc21. The van der Waals surface area contributed by atoms with E-state index in [4.69, 9.17) is 9.47 Å². The number of hydrogen-bond donors (Lipinski definition) is 1. The first-order valence-electron chi connectivity index (χ1n) is 8.70. The summed E-state index contributed by atoms with van der Waals surface area (Å²) in [5, 5.41) is 8.00. The lowest BCUT2D eigenvalue weighted by Crippen LogP contribution is -2.13. The monoisotopic (exact) mass is 370 g/mol. The number of aromatic nitrogens is 3. The Kier molecular flexibility index (Phi) is 4.72. The van der Waals surface area contributed by atoms with Gasteiger partial charge in [-0.2, -0.15) is 0 Å². The molecule has 2 aromatic heterocycles. The van der Waals surface area contributed by atoms with Crippen LogP contribution in [0.3, 0.4) is 0 Å². The van der Waals surface area contributed by atoms with Crippen molar-refractivity contribution in [3.63, 3.8) is 0 Å². The smallest absolute Gasteiger partial charge is 0.274 e. The van der Waals surface area contributed by atoms with Crippen LogP contribution in [0.4, 0.5) is 10.1 Å². The fraction of sp³-hybridized carbons (Fsp3) is 0.316. The molecule has 0 aliphatic carbocycles. The van der Waals surface area contributed by atoms with Crippen LogP contribution < -0.4 is 10.1 Å². The van der Waals surface area contributed by atoms with Crippen LogP contribution in [0.25, 0.3) is 10.9 Å². The van der Waals surface area contributed by atoms with Gasteiger partial charge in [-0.15, -0.1) is 5.10 Å². The highest BCUT2D eigenvalue weighted by molar-refractivity contribution is 6.04.